The summed E-state index contributed by atoms with van der Waals surface area (Å²) in [5.74, 6) is -1.22. The zero-order chi connectivity index (χ0) is 21.8. The maximum atomic E-state index is 12.9. The first-order valence-corrected chi connectivity index (χ1v) is 9.50. The van der Waals surface area contributed by atoms with Crippen LogP contribution in [0.2, 0.25) is 0 Å². The molecular formula is C23H23NO6. The van der Waals surface area contributed by atoms with Crippen molar-refractivity contribution in [1.82, 2.24) is 0 Å². The van der Waals surface area contributed by atoms with Crippen molar-refractivity contribution in [2.24, 2.45) is 0 Å². The highest BCUT2D eigenvalue weighted by Gasteiger charge is 2.43. The Kier molecular flexibility index (Phi) is 6.20. The van der Waals surface area contributed by atoms with E-state index in [1.54, 1.807) is 62.6 Å². The molecule has 0 aromatic heterocycles. The van der Waals surface area contributed by atoms with Crippen LogP contribution >= 0.6 is 0 Å². The zero-order valence-corrected chi connectivity index (χ0v) is 17.0. The molecule has 0 bridgehead atoms. The first-order valence-electron chi connectivity index (χ1n) is 9.50. The fourth-order valence-corrected chi connectivity index (χ4v) is 3.46. The van der Waals surface area contributed by atoms with Crippen molar-refractivity contribution in [2.75, 3.05) is 19.1 Å². The highest BCUT2D eigenvalue weighted by molar-refractivity contribution is 6.16. The quantitative estimate of drug-likeness (QED) is 0.706. The molecule has 156 valence electrons. The van der Waals surface area contributed by atoms with Crippen molar-refractivity contribution in [1.29, 1.82) is 0 Å². The van der Waals surface area contributed by atoms with Crippen molar-refractivity contribution < 1.29 is 29.0 Å². The van der Waals surface area contributed by atoms with Gasteiger partial charge in [-0.25, -0.2) is 0 Å². The lowest BCUT2D eigenvalue weighted by Gasteiger charge is -2.27. The molecule has 1 atom stereocenters. The Labute approximate surface area is 174 Å². The monoisotopic (exact) mass is 409 g/mol. The third-order valence-corrected chi connectivity index (χ3v) is 5.05. The van der Waals surface area contributed by atoms with Crippen LogP contribution in [0.25, 0.3) is 0 Å². The Morgan fingerprint density at radius 3 is 2.20 bits per heavy atom. The Morgan fingerprint density at radius 2 is 1.67 bits per heavy atom. The molecule has 0 aliphatic carbocycles. The van der Waals surface area contributed by atoms with Gasteiger partial charge in [-0.2, -0.15) is 0 Å². The number of amides is 1. The number of methoxy groups -OCH3 is 2. The predicted molar refractivity (Wildman–Crippen MR) is 110 cm³/mol. The number of hydrogen-bond acceptors (Lipinski definition) is 6. The van der Waals surface area contributed by atoms with Gasteiger partial charge in [-0.3, -0.25) is 19.3 Å². The zero-order valence-electron chi connectivity index (χ0n) is 17.0. The standard InChI is InChI=1S/C23H23NO6/c1-4-18(25)20-21(15-7-11-17(29-2)12-8-15)24(23(28)22(20)27)16-9-5-14(6-10-16)13-19(26)30-3/h5-12,21,27H,4,13H2,1-3H3. The average molecular weight is 409 g/mol. The lowest BCUT2D eigenvalue weighted by atomic mass is 9.94. The van der Waals surface area contributed by atoms with Crippen LogP contribution in [0.15, 0.2) is 59.9 Å². The van der Waals surface area contributed by atoms with Gasteiger partial charge in [0.25, 0.3) is 5.91 Å². The molecule has 1 heterocycles. The largest absolute Gasteiger partial charge is 0.503 e. The van der Waals surface area contributed by atoms with E-state index in [4.69, 9.17) is 4.74 Å². The number of aliphatic hydroxyl groups excluding tert-OH is 1. The minimum absolute atomic E-state index is 0.0753. The van der Waals surface area contributed by atoms with Crippen molar-refractivity contribution in [2.45, 2.75) is 25.8 Å². The summed E-state index contributed by atoms with van der Waals surface area (Å²) in [6, 6.07) is 13.0. The lowest BCUT2D eigenvalue weighted by Crippen LogP contribution is -2.31. The minimum Gasteiger partial charge on any atom is -0.503 e. The topological polar surface area (TPSA) is 93.1 Å². The first-order chi connectivity index (χ1) is 14.4. The number of benzene rings is 2. The SMILES string of the molecule is CCC(=O)C1=C(O)C(=O)N(c2ccc(CC(=O)OC)cc2)C1c1ccc(OC)cc1. The van der Waals surface area contributed by atoms with Gasteiger partial charge in [0, 0.05) is 12.1 Å². The van der Waals surface area contributed by atoms with Crippen molar-refractivity contribution >= 4 is 23.3 Å². The van der Waals surface area contributed by atoms with Crippen LogP contribution in [0.5, 0.6) is 5.75 Å². The Bertz CT molecular complexity index is 991. The molecule has 1 N–H and O–H groups in total. The van der Waals surface area contributed by atoms with E-state index in [1.807, 2.05) is 0 Å². The van der Waals surface area contributed by atoms with E-state index in [0.717, 1.165) is 5.56 Å². The number of carbonyl (C=O) groups excluding carboxylic acids is 3. The van der Waals surface area contributed by atoms with Gasteiger partial charge in [0.2, 0.25) is 0 Å². The smallest absolute Gasteiger partial charge is 0.309 e. The number of aliphatic hydroxyl groups is 1. The summed E-state index contributed by atoms with van der Waals surface area (Å²) in [6.45, 7) is 1.68. The van der Waals surface area contributed by atoms with Gasteiger partial charge in [-0.1, -0.05) is 31.2 Å². The maximum Gasteiger partial charge on any atom is 0.309 e. The fraction of sp³-hybridized carbons (Fsp3) is 0.261. The molecule has 1 aliphatic rings. The van der Waals surface area contributed by atoms with Gasteiger partial charge in [0.1, 0.15) is 5.75 Å². The van der Waals surface area contributed by atoms with Crippen LogP contribution in [0, 0.1) is 0 Å². The molecule has 0 fully saturated rings. The highest BCUT2D eigenvalue weighted by atomic mass is 16.5. The second kappa shape index (κ2) is 8.82. The minimum atomic E-state index is -0.762. The third kappa shape index (κ3) is 3.91. The lowest BCUT2D eigenvalue weighted by molar-refractivity contribution is -0.139. The van der Waals surface area contributed by atoms with Gasteiger partial charge >= 0.3 is 5.97 Å². The van der Waals surface area contributed by atoms with Crippen LogP contribution in [0.3, 0.4) is 0 Å². The number of ketones is 1. The van der Waals surface area contributed by atoms with Crippen LogP contribution in [-0.4, -0.2) is 37.0 Å². The van der Waals surface area contributed by atoms with Gasteiger partial charge in [-0.15, -0.1) is 0 Å². The van der Waals surface area contributed by atoms with E-state index in [-0.39, 0.29) is 30.2 Å². The third-order valence-electron chi connectivity index (χ3n) is 5.05. The summed E-state index contributed by atoms with van der Waals surface area (Å²) in [5, 5.41) is 10.5. The number of carbonyl (C=O) groups is 3. The maximum absolute atomic E-state index is 12.9. The molecule has 3 rings (SSSR count). The van der Waals surface area contributed by atoms with E-state index < -0.39 is 17.7 Å². The molecule has 1 amide bonds. The second-order valence-corrected chi connectivity index (χ2v) is 6.81. The Balaban J connectivity index is 2.04. The number of ether oxygens (including phenoxy) is 2. The molecule has 0 spiro atoms. The van der Waals surface area contributed by atoms with Crippen LogP contribution in [0.4, 0.5) is 5.69 Å². The second-order valence-electron chi connectivity index (χ2n) is 6.81. The summed E-state index contributed by atoms with van der Waals surface area (Å²) >= 11 is 0. The van der Waals surface area contributed by atoms with Crippen molar-refractivity contribution in [3.8, 4) is 5.75 Å². The van der Waals surface area contributed by atoms with Crippen molar-refractivity contribution in [3.05, 3.63) is 71.0 Å². The molecule has 1 unspecified atom stereocenters. The molecule has 1 aliphatic heterocycles. The molecule has 30 heavy (non-hydrogen) atoms. The average Bonchev–Trinajstić information content (AvgIpc) is 3.04. The summed E-state index contributed by atoms with van der Waals surface area (Å²) in [6.07, 6.45) is 0.265. The van der Waals surface area contributed by atoms with Crippen molar-refractivity contribution in [3.63, 3.8) is 0 Å². The highest BCUT2D eigenvalue weighted by Crippen LogP contribution is 2.41. The van der Waals surface area contributed by atoms with Gasteiger partial charge < -0.3 is 14.6 Å². The summed E-state index contributed by atoms with van der Waals surface area (Å²) in [4.78, 5) is 38.4. The molecule has 2 aromatic carbocycles. The Hall–Kier alpha value is -3.61. The summed E-state index contributed by atoms with van der Waals surface area (Å²) in [5.41, 5.74) is 1.97. The van der Waals surface area contributed by atoms with E-state index in [9.17, 15) is 19.5 Å². The van der Waals surface area contributed by atoms with E-state index in [0.29, 0.717) is 17.0 Å². The van der Waals surface area contributed by atoms with E-state index in [2.05, 4.69) is 4.74 Å². The summed E-state index contributed by atoms with van der Waals surface area (Å²) < 4.78 is 9.86. The van der Waals surface area contributed by atoms with Crippen LogP contribution in [0.1, 0.15) is 30.5 Å². The van der Waals surface area contributed by atoms with Crippen LogP contribution < -0.4 is 9.64 Å². The molecule has 7 nitrogen and oxygen atoms in total. The molecular weight excluding hydrogens is 386 g/mol. The molecule has 7 heteroatoms. The number of rotatable bonds is 7. The van der Waals surface area contributed by atoms with E-state index >= 15 is 0 Å². The number of nitrogens with zero attached hydrogens (tertiary/aromatic N) is 1. The molecule has 2 aromatic rings. The van der Waals surface area contributed by atoms with Gasteiger partial charge in [0.05, 0.1) is 32.3 Å². The fourth-order valence-electron chi connectivity index (χ4n) is 3.46. The predicted octanol–water partition coefficient (Wildman–Crippen LogP) is 3.29. The van der Waals surface area contributed by atoms with Crippen LogP contribution in [-0.2, 0) is 25.5 Å². The first kappa shape index (κ1) is 21.1. The van der Waals surface area contributed by atoms with E-state index in [1.165, 1.54) is 12.0 Å². The van der Waals surface area contributed by atoms with Gasteiger partial charge in [0.15, 0.2) is 11.5 Å². The van der Waals surface area contributed by atoms with Gasteiger partial charge in [-0.05, 0) is 35.4 Å². The molecule has 0 saturated heterocycles. The molecule has 0 saturated carbocycles. The number of anilines is 1. The number of Topliss-reactive ketones (excluding diaryl/α,β-unsaturated/α-hetero) is 1. The normalized spacial score (nSPS) is 16.0. The molecule has 0 radical (unpaired) electrons. The number of esters is 1. The Morgan fingerprint density at radius 1 is 1.03 bits per heavy atom. The summed E-state index contributed by atoms with van der Waals surface area (Å²) in [7, 11) is 2.87. The number of hydrogen-bond donors (Lipinski definition) is 1.